The second kappa shape index (κ2) is 5.67. The molecule has 2 nitrogen and oxygen atoms in total. The minimum absolute atomic E-state index is 0.0995. The molecule has 1 aliphatic rings. The molecule has 1 heterocycles. The molecule has 0 aromatic heterocycles. The molecule has 0 atom stereocenters. The Kier molecular flexibility index (Phi) is 4.50. The van der Waals surface area contributed by atoms with E-state index in [1.807, 2.05) is 30.2 Å². The molecule has 0 unspecified atom stereocenters. The lowest BCUT2D eigenvalue weighted by Gasteiger charge is -2.27. The van der Waals surface area contributed by atoms with Crippen LogP contribution in [0.3, 0.4) is 0 Å². The maximum atomic E-state index is 11.8. The van der Waals surface area contributed by atoms with E-state index < -0.39 is 0 Å². The molecule has 2 heteroatoms. The van der Waals surface area contributed by atoms with Gasteiger partial charge in [0.2, 0.25) is 0 Å². The van der Waals surface area contributed by atoms with Crippen LogP contribution in [0.15, 0.2) is 47.5 Å². The Hall–Kier alpha value is -1.57. The summed E-state index contributed by atoms with van der Waals surface area (Å²) in [5.74, 6) is 0.0995. The Morgan fingerprint density at radius 2 is 1.94 bits per heavy atom. The highest BCUT2D eigenvalue weighted by molar-refractivity contribution is 5.94. The largest absolute Gasteiger partial charge is 0.315 e. The van der Waals surface area contributed by atoms with E-state index in [-0.39, 0.29) is 5.78 Å². The van der Waals surface area contributed by atoms with Crippen molar-refractivity contribution < 1.29 is 4.79 Å². The van der Waals surface area contributed by atoms with Crippen LogP contribution >= 0.6 is 0 Å². The fourth-order valence-corrected chi connectivity index (χ4v) is 2.06. The first-order chi connectivity index (χ1) is 8.01. The van der Waals surface area contributed by atoms with Crippen LogP contribution in [-0.2, 0) is 4.79 Å². The summed E-state index contributed by atoms with van der Waals surface area (Å²) in [5.41, 5.74) is 3.97. The van der Waals surface area contributed by atoms with Gasteiger partial charge >= 0.3 is 0 Å². The molecule has 1 aliphatic heterocycles. The molecule has 0 spiro atoms. The van der Waals surface area contributed by atoms with Crippen molar-refractivity contribution >= 4 is 5.78 Å². The zero-order valence-electron chi connectivity index (χ0n) is 11.2. The van der Waals surface area contributed by atoms with Crippen LogP contribution in [0.25, 0.3) is 0 Å². The van der Waals surface area contributed by atoms with Crippen LogP contribution in [0, 0.1) is 0 Å². The number of nitrogens with zero attached hydrogens (tertiary/aromatic N) is 1. The molecule has 0 fully saturated rings. The summed E-state index contributed by atoms with van der Waals surface area (Å²) in [6.45, 7) is 11.8. The minimum Gasteiger partial charge on any atom is -0.315 e. The van der Waals surface area contributed by atoms with Crippen LogP contribution in [0.4, 0.5) is 0 Å². The summed E-state index contributed by atoms with van der Waals surface area (Å²) in [4.78, 5) is 13.7. The molecule has 92 valence electrons. The number of hydrogen-bond acceptors (Lipinski definition) is 2. The van der Waals surface area contributed by atoms with Gasteiger partial charge in [-0.3, -0.25) is 4.79 Å². The second-order valence-electron chi connectivity index (χ2n) is 4.28. The van der Waals surface area contributed by atoms with Crippen LogP contribution in [0.2, 0.25) is 0 Å². The maximum absolute atomic E-state index is 11.8. The van der Waals surface area contributed by atoms with Crippen molar-refractivity contribution in [3.63, 3.8) is 0 Å². The normalized spacial score (nSPS) is 14.7. The highest BCUT2D eigenvalue weighted by Crippen LogP contribution is 2.25. The third-order valence-corrected chi connectivity index (χ3v) is 2.95. The zero-order valence-corrected chi connectivity index (χ0v) is 11.2. The zero-order chi connectivity index (χ0) is 13.0. The number of Topliss-reactive ketones (excluding diaryl/α,β-unsaturated/α-hetero) is 1. The van der Waals surface area contributed by atoms with Gasteiger partial charge in [-0.2, -0.15) is 0 Å². The monoisotopic (exact) mass is 231 g/mol. The average Bonchev–Trinajstić information content (AvgIpc) is 2.26. The Labute approximate surface area is 104 Å². The molecule has 17 heavy (non-hydrogen) atoms. The fourth-order valence-electron chi connectivity index (χ4n) is 2.06. The predicted octanol–water partition coefficient (Wildman–Crippen LogP) is 3.94. The highest BCUT2D eigenvalue weighted by Gasteiger charge is 2.18. The molecule has 0 amide bonds. The van der Waals surface area contributed by atoms with Crippen molar-refractivity contribution in [3.8, 4) is 0 Å². The van der Waals surface area contributed by atoms with Crippen molar-refractivity contribution in [2.45, 2.75) is 40.5 Å². The summed E-state index contributed by atoms with van der Waals surface area (Å²) < 4.78 is 0. The number of ketones is 1. The van der Waals surface area contributed by atoms with E-state index in [9.17, 15) is 4.79 Å². The van der Waals surface area contributed by atoms with Crippen molar-refractivity contribution in [1.82, 2.24) is 4.90 Å². The number of rotatable bonds is 4. The quantitative estimate of drug-likeness (QED) is 0.683. The first-order valence-corrected chi connectivity index (χ1v) is 6.08. The molecule has 1 rings (SSSR count). The first kappa shape index (κ1) is 13.5. The summed E-state index contributed by atoms with van der Waals surface area (Å²) in [7, 11) is 0. The van der Waals surface area contributed by atoms with Gasteiger partial charge in [-0.05, 0) is 43.1 Å². The van der Waals surface area contributed by atoms with Crippen LogP contribution in [-0.4, -0.2) is 10.7 Å². The number of carbonyl (C=O) groups excluding carboxylic acids is 1. The van der Waals surface area contributed by atoms with Crippen LogP contribution in [0.5, 0.6) is 0 Å². The van der Waals surface area contributed by atoms with Gasteiger partial charge in [-0.15, -0.1) is 0 Å². The number of carbonyl (C=O) groups is 1. The molecule has 0 N–H and O–H groups in total. The number of allylic oxidation sites excluding steroid dienone is 5. The fraction of sp³-hybridized carbons (Fsp3) is 0.400. The molecular formula is C15H21NO. The molecule has 0 saturated heterocycles. The van der Waals surface area contributed by atoms with Gasteiger partial charge in [0.15, 0.2) is 5.78 Å². The summed E-state index contributed by atoms with van der Waals surface area (Å²) in [6, 6.07) is 0. The van der Waals surface area contributed by atoms with Gasteiger partial charge in [0.05, 0.1) is 5.70 Å². The van der Waals surface area contributed by atoms with Gasteiger partial charge in [0, 0.05) is 18.8 Å². The lowest BCUT2D eigenvalue weighted by molar-refractivity contribution is -0.114. The average molecular weight is 231 g/mol. The summed E-state index contributed by atoms with van der Waals surface area (Å²) in [5, 5.41) is 0. The summed E-state index contributed by atoms with van der Waals surface area (Å²) in [6.07, 6.45) is 7.71. The Morgan fingerprint density at radius 1 is 1.35 bits per heavy atom. The Bertz CT molecular complexity index is 418. The van der Waals surface area contributed by atoms with E-state index in [1.54, 1.807) is 6.92 Å². The van der Waals surface area contributed by atoms with Crippen molar-refractivity contribution in [2.75, 3.05) is 0 Å². The van der Waals surface area contributed by atoms with Crippen LogP contribution < -0.4 is 0 Å². The Balaban J connectivity index is 3.20. The van der Waals surface area contributed by atoms with Crippen molar-refractivity contribution in [3.05, 3.63) is 47.5 Å². The van der Waals surface area contributed by atoms with E-state index in [4.69, 9.17) is 0 Å². The number of hydrogen-bond donors (Lipinski definition) is 0. The van der Waals surface area contributed by atoms with Gasteiger partial charge in [-0.25, -0.2) is 0 Å². The lowest BCUT2D eigenvalue weighted by atomic mass is 10.0. The van der Waals surface area contributed by atoms with Crippen molar-refractivity contribution in [1.29, 1.82) is 0 Å². The van der Waals surface area contributed by atoms with Crippen LogP contribution in [0.1, 0.15) is 40.5 Å². The predicted molar refractivity (Wildman–Crippen MR) is 72.2 cm³/mol. The molecule has 0 saturated carbocycles. The van der Waals surface area contributed by atoms with E-state index in [2.05, 4.69) is 20.4 Å². The maximum Gasteiger partial charge on any atom is 0.176 e. The molecule has 0 bridgehead atoms. The molecule has 0 aromatic carbocycles. The standard InChI is InChI=1S/C15H21NO/c1-6-14(7-2)15(13(5)17)16-9-8-11(3)10-12(16)4/h8-10H,4,6-7H2,1-3,5H3. The second-order valence-corrected chi connectivity index (χ2v) is 4.28. The van der Waals surface area contributed by atoms with Crippen molar-refractivity contribution in [2.24, 2.45) is 0 Å². The minimum atomic E-state index is 0.0995. The van der Waals surface area contributed by atoms with Gasteiger partial charge in [-0.1, -0.05) is 20.4 Å². The SMILES string of the molecule is C=C1C=C(C)C=CN1C(C(C)=O)=C(CC)CC. The van der Waals surface area contributed by atoms with E-state index in [0.29, 0.717) is 0 Å². The summed E-state index contributed by atoms with van der Waals surface area (Å²) >= 11 is 0. The lowest BCUT2D eigenvalue weighted by Crippen LogP contribution is -2.23. The third-order valence-electron chi connectivity index (χ3n) is 2.95. The molecular weight excluding hydrogens is 210 g/mol. The molecule has 0 aliphatic carbocycles. The Morgan fingerprint density at radius 3 is 2.35 bits per heavy atom. The van der Waals surface area contributed by atoms with E-state index >= 15 is 0 Å². The smallest absolute Gasteiger partial charge is 0.176 e. The first-order valence-electron chi connectivity index (χ1n) is 6.08. The highest BCUT2D eigenvalue weighted by atomic mass is 16.1. The third kappa shape index (κ3) is 2.96. The van der Waals surface area contributed by atoms with Gasteiger partial charge < -0.3 is 4.90 Å². The van der Waals surface area contributed by atoms with E-state index in [1.165, 1.54) is 5.57 Å². The molecule has 0 aromatic rings. The van der Waals surface area contributed by atoms with Gasteiger partial charge in [0.25, 0.3) is 0 Å². The van der Waals surface area contributed by atoms with Gasteiger partial charge in [0.1, 0.15) is 0 Å². The molecule has 0 radical (unpaired) electrons. The topological polar surface area (TPSA) is 20.3 Å². The van der Waals surface area contributed by atoms with E-state index in [0.717, 1.165) is 29.8 Å².